The van der Waals surface area contributed by atoms with Crippen LogP contribution in [0.3, 0.4) is 0 Å². The molecule has 0 aliphatic rings. The Morgan fingerprint density at radius 3 is 2.00 bits per heavy atom. The van der Waals surface area contributed by atoms with Gasteiger partial charge in [0.1, 0.15) is 5.82 Å². The minimum absolute atomic E-state index is 0.219. The van der Waals surface area contributed by atoms with Crippen LogP contribution in [0.25, 0.3) is 11.1 Å². The summed E-state index contributed by atoms with van der Waals surface area (Å²) in [6.45, 7) is 0. The summed E-state index contributed by atoms with van der Waals surface area (Å²) in [6, 6.07) is 5.79. The third-order valence-electron chi connectivity index (χ3n) is 2.14. The zero-order chi connectivity index (χ0) is 12.5. The van der Waals surface area contributed by atoms with E-state index < -0.39 is 9.84 Å². The predicted octanol–water partition coefficient (Wildman–Crippen LogP) is 1.69. The van der Waals surface area contributed by atoms with E-state index in [0.29, 0.717) is 5.56 Å². The van der Waals surface area contributed by atoms with Crippen molar-refractivity contribution >= 4 is 9.84 Å². The van der Waals surface area contributed by atoms with Crippen molar-refractivity contribution < 1.29 is 12.8 Å². The molecule has 0 spiro atoms. The maximum atomic E-state index is 12.7. The van der Waals surface area contributed by atoms with Gasteiger partial charge in [-0.2, -0.15) is 0 Å². The van der Waals surface area contributed by atoms with Crippen molar-refractivity contribution in [3.05, 3.63) is 42.5 Å². The molecule has 1 heterocycles. The van der Waals surface area contributed by atoms with E-state index in [4.69, 9.17) is 0 Å². The third kappa shape index (κ3) is 2.65. The zero-order valence-electron chi connectivity index (χ0n) is 8.96. The molecule has 2 rings (SSSR count). The van der Waals surface area contributed by atoms with Crippen molar-refractivity contribution in [2.24, 2.45) is 0 Å². The SMILES string of the molecule is CS(=O)(=O)c1ncc(-c2ccc(F)cc2)cn1. The minimum Gasteiger partial charge on any atom is -0.226 e. The minimum atomic E-state index is -3.39. The fourth-order valence-corrected chi connectivity index (χ4v) is 1.79. The summed E-state index contributed by atoms with van der Waals surface area (Å²) in [4.78, 5) is 7.51. The van der Waals surface area contributed by atoms with Gasteiger partial charge in [0.25, 0.3) is 0 Å². The first kappa shape index (κ1) is 11.7. The van der Waals surface area contributed by atoms with Crippen LogP contribution >= 0.6 is 0 Å². The first-order valence-corrected chi connectivity index (χ1v) is 6.64. The summed E-state index contributed by atoms with van der Waals surface area (Å²) in [5.41, 5.74) is 1.36. The second-order valence-corrected chi connectivity index (χ2v) is 5.44. The van der Waals surface area contributed by atoms with Gasteiger partial charge in [-0.3, -0.25) is 0 Å². The Morgan fingerprint density at radius 2 is 1.53 bits per heavy atom. The third-order valence-corrected chi connectivity index (χ3v) is 3.01. The normalized spacial score (nSPS) is 11.4. The number of aromatic nitrogens is 2. The van der Waals surface area contributed by atoms with Crippen molar-refractivity contribution in [3.8, 4) is 11.1 Å². The van der Waals surface area contributed by atoms with Crippen LogP contribution in [0.15, 0.2) is 41.8 Å². The lowest BCUT2D eigenvalue weighted by molar-refractivity contribution is 0.593. The van der Waals surface area contributed by atoms with E-state index in [0.717, 1.165) is 11.8 Å². The van der Waals surface area contributed by atoms with Crippen molar-refractivity contribution in [1.82, 2.24) is 9.97 Å². The molecule has 6 heteroatoms. The van der Waals surface area contributed by atoms with Crippen LogP contribution in [0.2, 0.25) is 0 Å². The van der Waals surface area contributed by atoms with E-state index in [-0.39, 0.29) is 11.0 Å². The molecule has 0 amide bonds. The van der Waals surface area contributed by atoms with E-state index in [9.17, 15) is 12.8 Å². The van der Waals surface area contributed by atoms with E-state index in [1.165, 1.54) is 24.5 Å². The van der Waals surface area contributed by atoms with Crippen LogP contribution in [0, 0.1) is 5.82 Å². The lowest BCUT2D eigenvalue weighted by Gasteiger charge is -2.01. The van der Waals surface area contributed by atoms with Crippen LogP contribution in [0.1, 0.15) is 0 Å². The second-order valence-electron chi connectivity index (χ2n) is 3.53. The van der Waals surface area contributed by atoms with Crippen LogP contribution in [-0.4, -0.2) is 24.6 Å². The van der Waals surface area contributed by atoms with Gasteiger partial charge in [-0.25, -0.2) is 22.8 Å². The van der Waals surface area contributed by atoms with Gasteiger partial charge in [0, 0.05) is 24.2 Å². The van der Waals surface area contributed by atoms with Gasteiger partial charge in [0.2, 0.25) is 15.0 Å². The standard InChI is InChI=1S/C11H9FN2O2S/c1-17(15,16)11-13-6-9(7-14-11)8-2-4-10(12)5-3-8/h2-7H,1H3. The van der Waals surface area contributed by atoms with Crippen molar-refractivity contribution in [1.29, 1.82) is 0 Å². The average Bonchev–Trinajstić information content (AvgIpc) is 2.29. The highest BCUT2D eigenvalue weighted by atomic mass is 32.2. The van der Waals surface area contributed by atoms with Gasteiger partial charge < -0.3 is 0 Å². The molecule has 17 heavy (non-hydrogen) atoms. The molecule has 0 N–H and O–H groups in total. The van der Waals surface area contributed by atoms with Gasteiger partial charge in [-0.05, 0) is 17.7 Å². The summed E-state index contributed by atoms with van der Waals surface area (Å²) in [7, 11) is -3.39. The molecule has 0 unspecified atom stereocenters. The van der Waals surface area contributed by atoms with E-state index in [1.54, 1.807) is 12.1 Å². The predicted molar refractivity (Wildman–Crippen MR) is 60.5 cm³/mol. The molecule has 2 aromatic rings. The molecule has 0 bridgehead atoms. The molecule has 0 radical (unpaired) electrons. The Kier molecular flexibility index (Phi) is 2.89. The molecule has 0 atom stereocenters. The Hall–Kier alpha value is -1.82. The molecule has 0 aliphatic carbocycles. The Labute approximate surface area is 98.1 Å². The number of nitrogens with zero attached hydrogens (tertiary/aromatic N) is 2. The van der Waals surface area contributed by atoms with Crippen molar-refractivity contribution in [2.45, 2.75) is 5.16 Å². The number of hydrogen-bond donors (Lipinski definition) is 0. The summed E-state index contributed by atoms with van der Waals surface area (Å²) in [6.07, 6.45) is 3.84. The average molecular weight is 252 g/mol. The van der Waals surface area contributed by atoms with Gasteiger partial charge >= 0.3 is 0 Å². The number of halogens is 1. The topological polar surface area (TPSA) is 59.9 Å². The summed E-state index contributed by atoms with van der Waals surface area (Å²) >= 11 is 0. The highest BCUT2D eigenvalue weighted by molar-refractivity contribution is 7.90. The van der Waals surface area contributed by atoms with E-state index in [1.807, 2.05) is 0 Å². The number of benzene rings is 1. The first-order valence-electron chi connectivity index (χ1n) is 4.75. The number of sulfone groups is 1. The molecular weight excluding hydrogens is 243 g/mol. The molecule has 88 valence electrons. The van der Waals surface area contributed by atoms with Crippen molar-refractivity contribution in [3.63, 3.8) is 0 Å². The molecular formula is C11H9FN2O2S. The zero-order valence-corrected chi connectivity index (χ0v) is 9.78. The fourth-order valence-electron chi connectivity index (χ4n) is 1.30. The summed E-state index contributed by atoms with van der Waals surface area (Å²) in [5.74, 6) is -0.331. The van der Waals surface area contributed by atoms with Gasteiger partial charge in [0.05, 0.1) is 0 Å². The number of hydrogen-bond acceptors (Lipinski definition) is 4. The molecule has 0 saturated carbocycles. The maximum Gasteiger partial charge on any atom is 0.246 e. The highest BCUT2D eigenvalue weighted by Gasteiger charge is 2.10. The lowest BCUT2D eigenvalue weighted by atomic mass is 10.1. The summed E-state index contributed by atoms with van der Waals surface area (Å²) < 4.78 is 35.0. The monoisotopic (exact) mass is 252 g/mol. The quantitative estimate of drug-likeness (QED) is 0.763. The van der Waals surface area contributed by atoms with Crippen LogP contribution in [0.5, 0.6) is 0 Å². The molecule has 1 aromatic heterocycles. The lowest BCUT2D eigenvalue weighted by Crippen LogP contribution is -2.03. The smallest absolute Gasteiger partial charge is 0.226 e. The second kappa shape index (κ2) is 4.21. The number of rotatable bonds is 2. The van der Waals surface area contributed by atoms with Gasteiger partial charge in [-0.1, -0.05) is 12.1 Å². The van der Waals surface area contributed by atoms with Crippen LogP contribution in [0.4, 0.5) is 4.39 Å². The van der Waals surface area contributed by atoms with Gasteiger partial charge in [0.15, 0.2) is 0 Å². The largest absolute Gasteiger partial charge is 0.246 e. The molecule has 0 aliphatic heterocycles. The summed E-state index contributed by atoms with van der Waals surface area (Å²) in [5, 5.41) is -0.219. The molecule has 0 fully saturated rings. The fraction of sp³-hybridized carbons (Fsp3) is 0.0909. The van der Waals surface area contributed by atoms with E-state index in [2.05, 4.69) is 9.97 Å². The van der Waals surface area contributed by atoms with Crippen molar-refractivity contribution in [2.75, 3.05) is 6.26 Å². The Morgan fingerprint density at radius 1 is 1.00 bits per heavy atom. The van der Waals surface area contributed by atoms with Gasteiger partial charge in [-0.15, -0.1) is 0 Å². The molecule has 4 nitrogen and oxygen atoms in total. The molecule has 0 saturated heterocycles. The van der Waals surface area contributed by atoms with Crippen LogP contribution in [-0.2, 0) is 9.84 Å². The maximum absolute atomic E-state index is 12.7. The van der Waals surface area contributed by atoms with E-state index >= 15 is 0 Å². The molecule has 1 aromatic carbocycles. The highest BCUT2D eigenvalue weighted by Crippen LogP contribution is 2.18. The van der Waals surface area contributed by atoms with Crippen LogP contribution < -0.4 is 0 Å². The first-order chi connectivity index (χ1) is 7.97. The Bertz CT molecular complexity index is 622. The Balaban J connectivity index is 2.39.